The number of nitrogens with zero attached hydrogens (tertiary/aromatic N) is 2. The molecule has 0 N–H and O–H groups in total. The molecular formula is C21H28N2O2. The van der Waals surface area contributed by atoms with Gasteiger partial charge < -0.3 is 9.30 Å². The maximum atomic E-state index is 12.9. The number of hydrogen-bond acceptors (Lipinski definition) is 3. The number of fused-ring (bicyclic) bond motifs is 1. The van der Waals surface area contributed by atoms with Crippen molar-refractivity contribution in [2.75, 3.05) is 6.61 Å². The van der Waals surface area contributed by atoms with Gasteiger partial charge in [-0.05, 0) is 55.4 Å². The molecule has 0 saturated heterocycles. The number of rotatable bonds is 8. The highest BCUT2D eigenvalue weighted by atomic mass is 16.5. The lowest BCUT2D eigenvalue weighted by Crippen LogP contribution is -2.14. The number of benzene rings is 1. The Balaban J connectivity index is 1.78. The fourth-order valence-electron chi connectivity index (χ4n) is 3.66. The van der Waals surface area contributed by atoms with Gasteiger partial charge in [0, 0.05) is 37.3 Å². The van der Waals surface area contributed by atoms with Gasteiger partial charge in [-0.25, -0.2) is 4.98 Å². The summed E-state index contributed by atoms with van der Waals surface area (Å²) in [7, 11) is 0. The van der Waals surface area contributed by atoms with E-state index < -0.39 is 0 Å². The average molecular weight is 340 g/mol. The van der Waals surface area contributed by atoms with Gasteiger partial charge in [0.15, 0.2) is 5.78 Å². The fourth-order valence-corrected chi connectivity index (χ4v) is 3.66. The molecule has 0 atom stereocenters. The van der Waals surface area contributed by atoms with E-state index in [0.717, 1.165) is 55.8 Å². The van der Waals surface area contributed by atoms with Crippen LogP contribution in [0.3, 0.4) is 0 Å². The van der Waals surface area contributed by atoms with E-state index in [4.69, 9.17) is 4.74 Å². The first kappa shape index (κ1) is 17.7. The normalized spacial score (nSPS) is 13.5. The molecule has 0 fully saturated rings. The zero-order chi connectivity index (χ0) is 17.6. The first-order valence-corrected chi connectivity index (χ1v) is 9.55. The van der Waals surface area contributed by atoms with E-state index in [1.54, 1.807) is 0 Å². The molecule has 0 amide bonds. The Morgan fingerprint density at radius 1 is 1.20 bits per heavy atom. The average Bonchev–Trinajstić information content (AvgIpc) is 3.11. The number of carbonyl (C=O) groups excluding carboxylic acids is 1. The SMILES string of the molecule is CCCOc1ccc(C(=O)CCn2ccnc2CC)c2c1CCCC2. The number of imidazole rings is 1. The zero-order valence-electron chi connectivity index (χ0n) is 15.4. The van der Waals surface area contributed by atoms with Gasteiger partial charge >= 0.3 is 0 Å². The van der Waals surface area contributed by atoms with Crippen molar-refractivity contribution in [2.45, 2.75) is 65.3 Å². The molecular weight excluding hydrogens is 312 g/mol. The molecule has 25 heavy (non-hydrogen) atoms. The van der Waals surface area contributed by atoms with Crippen molar-refractivity contribution >= 4 is 5.78 Å². The van der Waals surface area contributed by atoms with E-state index in [2.05, 4.69) is 23.4 Å². The van der Waals surface area contributed by atoms with Gasteiger partial charge in [0.25, 0.3) is 0 Å². The number of carbonyl (C=O) groups is 1. The minimum Gasteiger partial charge on any atom is -0.493 e. The molecule has 0 radical (unpaired) electrons. The van der Waals surface area contributed by atoms with Crippen molar-refractivity contribution in [1.82, 2.24) is 9.55 Å². The summed E-state index contributed by atoms with van der Waals surface area (Å²) in [5.41, 5.74) is 3.39. The topological polar surface area (TPSA) is 44.1 Å². The van der Waals surface area contributed by atoms with Crippen molar-refractivity contribution < 1.29 is 9.53 Å². The number of hydrogen-bond donors (Lipinski definition) is 0. The summed E-state index contributed by atoms with van der Waals surface area (Å²) in [6.07, 6.45) is 10.5. The summed E-state index contributed by atoms with van der Waals surface area (Å²) in [4.78, 5) is 17.2. The van der Waals surface area contributed by atoms with Gasteiger partial charge in [0.05, 0.1) is 6.61 Å². The number of Topliss-reactive ketones (excluding diaryl/α,β-unsaturated/α-hetero) is 1. The Morgan fingerprint density at radius 2 is 2.00 bits per heavy atom. The summed E-state index contributed by atoms with van der Waals surface area (Å²) in [6, 6.07) is 3.98. The summed E-state index contributed by atoms with van der Waals surface area (Å²) in [5.74, 6) is 2.25. The number of ketones is 1. The van der Waals surface area contributed by atoms with E-state index in [9.17, 15) is 4.79 Å². The van der Waals surface area contributed by atoms with Crippen LogP contribution in [0.1, 0.15) is 66.8 Å². The molecule has 0 spiro atoms. The van der Waals surface area contributed by atoms with Gasteiger partial charge in [-0.2, -0.15) is 0 Å². The molecule has 0 bridgehead atoms. The molecule has 0 saturated carbocycles. The first-order chi connectivity index (χ1) is 12.2. The maximum absolute atomic E-state index is 12.9. The third-order valence-electron chi connectivity index (χ3n) is 4.95. The molecule has 1 aromatic heterocycles. The summed E-state index contributed by atoms with van der Waals surface area (Å²) in [6.45, 7) is 5.64. The highest BCUT2D eigenvalue weighted by Crippen LogP contribution is 2.33. The van der Waals surface area contributed by atoms with Crippen LogP contribution in [0.25, 0.3) is 0 Å². The van der Waals surface area contributed by atoms with Gasteiger partial charge in [0.2, 0.25) is 0 Å². The third-order valence-corrected chi connectivity index (χ3v) is 4.95. The second-order valence-electron chi connectivity index (χ2n) is 6.69. The van der Waals surface area contributed by atoms with Crippen LogP contribution in [-0.2, 0) is 25.8 Å². The van der Waals surface area contributed by atoms with Crippen molar-refractivity contribution in [3.63, 3.8) is 0 Å². The second-order valence-corrected chi connectivity index (χ2v) is 6.69. The molecule has 2 aromatic rings. The molecule has 1 heterocycles. The lowest BCUT2D eigenvalue weighted by molar-refractivity contribution is 0.0975. The zero-order valence-corrected chi connectivity index (χ0v) is 15.4. The molecule has 0 unspecified atom stereocenters. The second kappa shape index (κ2) is 8.32. The fraction of sp³-hybridized carbons (Fsp3) is 0.524. The molecule has 3 rings (SSSR count). The monoisotopic (exact) mass is 340 g/mol. The van der Waals surface area contributed by atoms with Crippen molar-refractivity contribution in [1.29, 1.82) is 0 Å². The van der Waals surface area contributed by atoms with Gasteiger partial charge in [0.1, 0.15) is 11.6 Å². The van der Waals surface area contributed by atoms with Crippen LogP contribution in [-0.4, -0.2) is 21.9 Å². The first-order valence-electron chi connectivity index (χ1n) is 9.55. The summed E-state index contributed by atoms with van der Waals surface area (Å²) >= 11 is 0. The van der Waals surface area contributed by atoms with Crippen LogP contribution in [0.4, 0.5) is 0 Å². The Labute approximate surface area is 150 Å². The van der Waals surface area contributed by atoms with Crippen LogP contribution in [0.2, 0.25) is 0 Å². The van der Waals surface area contributed by atoms with Gasteiger partial charge in [-0.3, -0.25) is 4.79 Å². The number of aryl methyl sites for hydroxylation is 2. The Hall–Kier alpha value is -2.10. The van der Waals surface area contributed by atoms with E-state index in [0.29, 0.717) is 13.0 Å². The van der Waals surface area contributed by atoms with Crippen LogP contribution in [0, 0.1) is 0 Å². The molecule has 4 nitrogen and oxygen atoms in total. The number of ether oxygens (including phenoxy) is 1. The van der Waals surface area contributed by atoms with Crippen LogP contribution in [0.15, 0.2) is 24.5 Å². The molecule has 1 aliphatic rings. The molecule has 1 aliphatic carbocycles. The lowest BCUT2D eigenvalue weighted by atomic mass is 9.86. The standard InChI is InChI=1S/C21H28N2O2/c1-3-15-25-20-10-9-17(16-7-5-6-8-18(16)20)19(24)11-13-23-14-12-22-21(23)4-2/h9-10,12,14H,3-8,11,13,15H2,1-2H3. The smallest absolute Gasteiger partial charge is 0.164 e. The van der Waals surface area contributed by atoms with E-state index in [1.165, 1.54) is 17.5 Å². The van der Waals surface area contributed by atoms with Gasteiger partial charge in [-0.1, -0.05) is 13.8 Å². The quantitative estimate of drug-likeness (QED) is 0.670. The van der Waals surface area contributed by atoms with Crippen molar-refractivity contribution in [3.8, 4) is 5.75 Å². The largest absolute Gasteiger partial charge is 0.493 e. The molecule has 4 heteroatoms. The van der Waals surface area contributed by atoms with Crippen LogP contribution < -0.4 is 4.74 Å². The minimum absolute atomic E-state index is 0.232. The molecule has 1 aromatic carbocycles. The van der Waals surface area contributed by atoms with E-state index >= 15 is 0 Å². The Bertz CT molecular complexity index is 733. The third kappa shape index (κ3) is 3.94. The van der Waals surface area contributed by atoms with Crippen LogP contribution >= 0.6 is 0 Å². The highest BCUT2D eigenvalue weighted by molar-refractivity contribution is 5.98. The maximum Gasteiger partial charge on any atom is 0.164 e. The van der Waals surface area contributed by atoms with Crippen molar-refractivity contribution in [2.24, 2.45) is 0 Å². The van der Waals surface area contributed by atoms with E-state index in [1.807, 2.05) is 24.5 Å². The molecule has 134 valence electrons. The minimum atomic E-state index is 0.232. The lowest BCUT2D eigenvalue weighted by Gasteiger charge is -2.22. The van der Waals surface area contributed by atoms with Crippen LogP contribution in [0.5, 0.6) is 5.75 Å². The van der Waals surface area contributed by atoms with E-state index in [-0.39, 0.29) is 5.78 Å². The predicted octanol–water partition coefficient (Wildman–Crippen LogP) is 4.39. The summed E-state index contributed by atoms with van der Waals surface area (Å²) < 4.78 is 8.00. The molecule has 0 aliphatic heterocycles. The Morgan fingerprint density at radius 3 is 2.76 bits per heavy atom. The summed E-state index contributed by atoms with van der Waals surface area (Å²) in [5, 5.41) is 0. The van der Waals surface area contributed by atoms with Crippen molar-refractivity contribution in [3.05, 3.63) is 47.0 Å². The highest BCUT2D eigenvalue weighted by Gasteiger charge is 2.21. The Kier molecular flexibility index (Phi) is 5.90. The number of aromatic nitrogens is 2. The predicted molar refractivity (Wildman–Crippen MR) is 99.4 cm³/mol. The van der Waals surface area contributed by atoms with Gasteiger partial charge in [-0.15, -0.1) is 0 Å².